The number of hydrogen-bond acceptors (Lipinski definition) is 6. The van der Waals surface area contributed by atoms with E-state index in [0.717, 1.165) is 38.6 Å². The predicted octanol–water partition coefficient (Wildman–Crippen LogP) is 6.43. The number of carbonyl (C=O) groups excluding carboxylic acids is 2. The van der Waals surface area contributed by atoms with E-state index in [2.05, 4.69) is 18.7 Å². The van der Waals surface area contributed by atoms with Gasteiger partial charge in [0.25, 0.3) is 0 Å². The van der Waals surface area contributed by atoms with Crippen LogP contribution in [0.3, 0.4) is 0 Å². The van der Waals surface area contributed by atoms with Crippen molar-refractivity contribution in [1.82, 2.24) is 4.90 Å². The Morgan fingerprint density at radius 2 is 1.29 bits per heavy atom. The van der Waals surface area contributed by atoms with Crippen molar-refractivity contribution in [3.63, 3.8) is 0 Å². The van der Waals surface area contributed by atoms with Gasteiger partial charge in [-0.1, -0.05) is 84.5 Å². The Kier molecular flexibility index (Phi) is 20.1. The minimum absolute atomic E-state index is 0.00661. The van der Waals surface area contributed by atoms with Gasteiger partial charge in [0.15, 0.2) is 0 Å². The fourth-order valence-electron chi connectivity index (χ4n) is 4.93. The second kappa shape index (κ2) is 22.1. The molecule has 0 saturated heterocycles. The van der Waals surface area contributed by atoms with Crippen LogP contribution in [0.1, 0.15) is 129 Å². The van der Waals surface area contributed by atoms with Crippen LogP contribution in [0.4, 0.5) is 0 Å². The lowest BCUT2D eigenvalue weighted by Crippen LogP contribution is -2.40. The summed E-state index contributed by atoms with van der Waals surface area (Å²) in [6.07, 6.45) is 18.9. The predicted molar refractivity (Wildman–Crippen MR) is 142 cm³/mol. The molecule has 0 aliphatic heterocycles. The third kappa shape index (κ3) is 17.0. The van der Waals surface area contributed by atoms with Crippen molar-refractivity contribution in [3.8, 4) is 0 Å². The fraction of sp³-hybridized carbons (Fsp3) is 0.931. The first kappa shape index (κ1) is 31.9. The molecule has 1 aliphatic carbocycles. The zero-order valence-corrected chi connectivity index (χ0v) is 22.9. The molecular formula is C29H55NO5. The third-order valence-corrected chi connectivity index (χ3v) is 7.23. The van der Waals surface area contributed by atoms with Crippen molar-refractivity contribution in [1.29, 1.82) is 0 Å². The van der Waals surface area contributed by atoms with Crippen LogP contribution in [0.2, 0.25) is 0 Å². The first-order chi connectivity index (χ1) is 17.1. The summed E-state index contributed by atoms with van der Waals surface area (Å²) in [7, 11) is 0. The summed E-state index contributed by atoms with van der Waals surface area (Å²) in [4.78, 5) is 26.9. The van der Waals surface area contributed by atoms with E-state index in [4.69, 9.17) is 9.47 Å². The van der Waals surface area contributed by atoms with Crippen molar-refractivity contribution >= 4 is 11.9 Å². The van der Waals surface area contributed by atoms with Gasteiger partial charge in [-0.15, -0.1) is 0 Å². The first-order valence-electron chi connectivity index (χ1n) is 14.8. The van der Waals surface area contributed by atoms with Gasteiger partial charge in [-0.2, -0.15) is 0 Å². The Labute approximate surface area is 215 Å². The number of ether oxygens (including phenoxy) is 2. The highest BCUT2D eigenvalue weighted by Crippen LogP contribution is 2.23. The molecular weight excluding hydrogens is 442 g/mol. The van der Waals surface area contributed by atoms with Gasteiger partial charge in [-0.25, -0.2) is 0 Å². The lowest BCUT2D eigenvalue weighted by atomic mass is 9.93. The molecule has 1 aliphatic rings. The Morgan fingerprint density at radius 1 is 0.771 bits per heavy atom. The second-order valence-corrected chi connectivity index (χ2v) is 10.4. The molecule has 1 N–H and O–H groups in total. The van der Waals surface area contributed by atoms with Crippen LogP contribution in [0.5, 0.6) is 0 Å². The van der Waals surface area contributed by atoms with E-state index >= 15 is 0 Å². The van der Waals surface area contributed by atoms with Crippen LogP contribution in [0, 0.1) is 5.92 Å². The minimum atomic E-state index is -0.145. The van der Waals surface area contributed by atoms with Gasteiger partial charge in [0.05, 0.1) is 19.8 Å². The van der Waals surface area contributed by atoms with E-state index in [1.54, 1.807) is 0 Å². The summed E-state index contributed by atoms with van der Waals surface area (Å²) in [5.41, 5.74) is 0. The lowest BCUT2D eigenvalue weighted by molar-refractivity contribution is -0.149. The number of aliphatic hydroxyl groups excluding tert-OH is 1. The summed E-state index contributed by atoms with van der Waals surface area (Å²) in [6.45, 7) is 6.63. The van der Waals surface area contributed by atoms with Crippen LogP contribution >= 0.6 is 0 Å². The van der Waals surface area contributed by atoms with E-state index in [1.165, 1.54) is 70.6 Å². The summed E-state index contributed by atoms with van der Waals surface area (Å²) < 4.78 is 11.2. The Morgan fingerprint density at radius 3 is 1.77 bits per heavy atom. The van der Waals surface area contributed by atoms with E-state index in [1.807, 2.05) is 0 Å². The molecule has 0 unspecified atom stereocenters. The second-order valence-electron chi connectivity index (χ2n) is 10.4. The van der Waals surface area contributed by atoms with Crippen molar-refractivity contribution in [2.45, 2.75) is 135 Å². The molecule has 6 heteroatoms. The van der Waals surface area contributed by atoms with E-state index in [-0.39, 0.29) is 24.5 Å². The van der Waals surface area contributed by atoms with Crippen molar-refractivity contribution in [3.05, 3.63) is 0 Å². The maximum atomic E-state index is 12.3. The molecule has 0 aromatic carbocycles. The van der Waals surface area contributed by atoms with Crippen molar-refractivity contribution < 1.29 is 24.2 Å². The molecule has 0 bridgehead atoms. The third-order valence-electron chi connectivity index (χ3n) is 7.23. The van der Waals surface area contributed by atoms with Gasteiger partial charge >= 0.3 is 11.9 Å². The van der Waals surface area contributed by atoms with Gasteiger partial charge in [-0.3, -0.25) is 14.5 Å². The first-order valence-corrected chi connectivity index (χ1v) is 14.8. The average molecular weight is 498 g/mol. The Bertz CT molecular complexity index is 491. The van der Waals surface area contributed by atoms with Crippen molar-refractivity contribution in [2.24, 2.45) is 5.92 Å². The molecule has 0 heterocycles. The average Bonchev–Trinajstić information content (AvgIpc) is 2.87. The van der Waals surface area contributed by atoms with Crippen molar-refractivity contribution in [2.75, 3.05) is 32.9 Å². The molecule has 0 atom stereocenters. The van der Waals surface area contributed by atoms with E-state index in [0.29, 0.717) is 38.6 Å². The molecule has 0 radical (unpaired) electrons. The summed E-state index contributed by atoms with van der Waals surface area (Å²) in [6, 6.07) is 0.521. The van der Waals surface area contributed by atoms with E-state index < -0.39 is 0 Å². The Balaban J connectivity index is 2.49. The van der Waals surface area contributed by atoms with Crippen LogP contribution in [-0.2, 0) is 19.1 Å². The SMILES string of the molecule is CCCCCCCC(=O)OCC(CCN(CCO)C1CCCCC1)COC(=O)CCCCCCC. The number of esters is 2. The topological polar surface area (TPSA) is 76.1 Å². The van der Waals surface area contributed by atoms with Gasteiger partial charge in [0, 0.05) is 31.3 Å². The van der Waals surface area contributed by atoms with Gasteiger partial charge in [0.2, 0.25) is 0 Å². The zero-order valence-electron chi connectivity index (χ0n) is 22.9. The number of rotatable bonds is 22. The highest BCUT2D eigenvalue weighted by molar-refractivity contribution is 5.69. The summed E-state index contributed by atoms with van der Waals surface area (Å²) in [5.74, 6) is -0.297. The van der Waals surface area contributed by atoms with Gasteiger partial charge < -0.3 is 14.6 Å². The van der Waals surface area contributed by atoms with E-state index in [9.17, 15) is 14.7 Å². The molecule has 1 rings (SSSR count). The zero-order chi connectivity index (χ0) is 25.6. The molecule has 0 spiro atoms. The maximum Gasteiger partial charge on any atom is 0.305 e. The standard InChI is InChI=1S/C29H55NO5/c1-3-5-7-9-14-18-28(32)34-24-26(25-35-29(33)19-15-10-8-6-4-2)20-21-30(22-23-31)27-16-12-11-13-17-27/h26-27,31H,3-25H2,1-2H3. The lowest BCUT2D eigenvalue weighted by Gasteiger charge is -2.34. The number of aliphatic hydroxyl groups is 1. The van der Waals surface area contributed by atoms with Crippen LogP contribution in [0.25, 0.3) is 0 Å². The highest BCUT2D eigenvalue weighted by atomic mass is 16.5. The largest absolute Gasteiger partial charge is 0.465 e. The van der Waals surface area contributed by atoms with Gasteiger partial charge in [0.1, 0.15) is 0 Å². The number of nitrogens with zero attached hydrogens (tertiary/aromatic N) is 1. The molecule has 6 nitrogen and oxygen atoms in total. The molecule has 0 amide bonds. The Hall–Kier alpha value is -1.14. The summed E-state index contributed by atoms with van der Waals surface area (Å²) >= 11 is 0. The van der Waals surface area contributed by atoms with Crippen LogP contribution in [-0.4, -0.2) is 60.9 Å². The number of carbonyl (C=O) groups is 2. The fourth-order valence-corrected chi connectivity index (χ4v) is 4.93. The minimum Gasteiger partial charge on any atom is -0.465 e. The molecule has 206 valence electrons. The molecule has 1 saturated carbocycles. The quantitative estimate of drug-likeness (QED) is 0.137. The number of unbranched alkanes of at least 4 members (excludes halogenated alkanes) is 8. The molecule has 0 aromatic heterocycles. The maximum absolute atomic E-state index is 12.3. The summed E-state index contributed by atoms with van der Waals surface area (Å²) in [5, 5.41) is 9.58. The molecule has 1 fully saturated rings. The highest BCUT2D eigenvalue weighted by Gasteiger charge is 2.23. The normalized spacial score (nSPS) is 14.5. The molecule has 0 aromatic rings. The van der Waals surface area contributed by atoms with Crippen LogP contribution in [0.15, 0.2) is 0 Å². The number of hydrogen-bond donors (Lipinski definition) is 1. The van der Waals surface area contributed by atoms with Gasteiger partial charge in [-0.05, 0) is 38.6 Å². The smallest absolute Gasteiger partial charge is 0.305 e. The molecule has 35 heavy (non-hydrogen) atoms. The van der Waals surface area contributed by atoms with Crippen LogP contribution < -0.4 is 0 Å². The monoisotopic (exact) mass is 497 g/mol.